The molecule has 0 saturated heterocycles. The largest absolute Gasteiger partial charge is 0.481 e. The molecule has 4 nitrogen and oxygen atoms in total. The van der Waals surface area contributed by atoms with E-state index >= 15 is 0 Å². The molecule has 1 aliphatic carbocycles. The van der Waals surface area contributed by atoms with Crippen LogP contribution in [0.5, 0.6) is 0 Å². The molecule has 19 heavy (non-hydrogen) atoms. The van der Waals surface area contributed by atoms with E-state index in [4.69, 9.17) is 5.11 Å². The number of para-hydroxylation sites is 1. The summed E-state index contributed by atoms with van der Waals surface area (Å²) in [4.78, 5) is 15.4. The van der Waals surface area contributed by atoms with E-state index < -0.39 is 5.97 Å². The Morgan fingerprint density at radius 1 is 1.58 bits per heavy atom. The van der Waals surface area contributed by atoms with Crippen LogP contribution in [0.25, 0.3) is 11.0 Å². The minimum Gasteiger partial charge on any atom is -0.481 e. The Hall–Kier alpha value is -1.49. The highest BCUT2D eigenvalue weighted by atomic mass is 32.2. The van der Waals surface area contributed by atoms with Gasteiger partial charge in [0.2, 0.25) is 0 Å². The van der Waals surface area contributed by atoms with E-state index in [1.807, 2.05) is 19.1 Å². The number of hydrogen-bond acceptors (Lipinski definition) is 3. The Labute approximate surface area is 115 Å². The molecular weight excluding hydrogens is 260 g/mol. The molecule has 1 saturated carbocycles. The van der Waals surface area contributed by atoms with E-state index in [9.17, 15) is 4.79 Å². The van der Waals surface area contributed by atoms with Gasteiger partial charge in [0.1, 0.15) is 0 Å². The number of rotatable bonds is 4. The Morgan fingerprint density at radius 3 is 2.95 bits per heavy atom. The molecule has 1 aromatic heterocycles. The topological polar surface area (TPSA) is 55.1 Å². The maximum atomic E-state index is 10.8. The average molecular weight is 276 g/mol. The number of imidazole rings is 1. The Kier molecular flexibility index (Phi) is 3.01. The number of carboxylic acids is 1. The fraction of sp³-hybridized carbons (Fsp3) is 0.429. The van der Waals surface area contributed by atoms with Crippen molar-refractivity contribution in [1.29, 1.82) is 0 Å². The number of aliphatic carboxylic acids is 1. The number of carbonyl (C=O) groups is 1. The molecule has 5 heteroatoms. The first kappa shape index (κ1) is 12.5. The molecule has 0 radical (unpaired) electrons. The Morgan fingerprint density at radius 2 is 2.32 bits per heavy atom. The summed E-state index contributed by atoms with van der Waals surface area (Å²) in [6, 6.07) is 6.63. The zero-order chi connectivity index (χ0) is 13.6. The van der Waals surface area contributed by atoms with Crippen LogP contribution in [-0.4, -0.2) is 26.4 Å². The van der Waals surface area contributed by atoms with E-state index in [2.05, 4.69) is 22.5 Å². The quantitative estimate of drug-likeness (QED) is 0.872. The minimum atomic E-state index is -0.802. The number of aryl methyl sites for hydroxylation is 1. The fourth-order valence-corrected chi connectivity index (χ4v) is 3.23. The van der Waals surface area contributed by atoms with Crippen LogP contribution in [0, 0.1) is 12.8 Å². The van der Waals surface area contributed by atoms with Crippen LogP contribution in [0.4, 0.5) is 0 Å². The van der Waals surface area contributed by atoms with Crippen molar-refractivity contribution < 1.29 is 9.90 Å². The number of fused-ring (bicyclic) bond motifs is 1. The summed E-state index contributed by atoms with van der Waals surface area (Å²) < 4.78 is 2.22. The van der Waals surface area contributed by atoms with Gasteiger partial charge in [-0.05, 0) is 30.9 Å². The number of thioether (sulfide) groups is 1. The fourth-order valence-electron chi connectivity index (χ4n) is 2.45. The van der Waals surface area contributed by atoms with Crippen LogP contribution in [0.2, 0.25) is 0 Å². The monoisotopic (exact) mass is 276 g/mol. The van der Waals surface area contributed by atoms with Crippen molar-refractivity contribution in [2.75, 3.05) is 5.75 Å². The van der Waals surface area contributed by atoms with Crippen molar-refractivity contribution >= 4 is 28.8 Å². The molecule has 2 unspecified atom stereocenters. The van der Waals surface area contributed by atoms with Crippen molar-refractivity contribution in [2.24, 2.45) is 5.92 Å². The maximum absolute atomic E-state index is 10.8. The molecule has 1 fully saturated rings. The number of nitrogens with zero attached hydrogens (tertiary/aromatic N) is 2. The molecule has 0 bridgehead atoms. The molecule has 100 valence electrons. The van der Waals surface area contributed by atoms with Gasteiger partial charge < -0.3 is 9.67 Å². The van der Waals surface area contributed by atoms with E-state index in [-0.39, 0.29) is 5.75 Å². The summed E-state index contributed by atoms with van der Waals surface area (Å²) in [5.41, 5.74) is 3.26. The predicted molar refractivity (Wildman–Crippen MR) is 75.6 cm³/mol. The highest BCUT2D eigenvalue weighted by molar-refractivity contribution is 7.99. The van der Waals surface area contributed by atoms with Crippen LogP contribution in [0.1, 0.15) is 24.9 Å². The number of benzene rings is 1. The van der Waals surface area contributed by atoms with Crippen LogP contribution in [0.15, 0.2) is 23.4 Å². The predicted octanol–water partition coefficient (Wildman–Crippen LogP) is 3.10. The third kappa shape index (κ3) is 2.23. The van der Waals surface area contributed by atoms with Crippen molar-refractivity contribution in [3.8, 4) is 0 Å². The molecule has 3 rings (SSSR count). The van der Waals surface area contributed by atoms with Gasteiger partial charge >= 0.3 is 5.97 Å². The standard InChI is InChI=1S/C14H16N2O2S/c1-8-4-3-5-10-13(8)15-14(19-7-12(17)18)16(10)11-6-9(11)2/h3-5,9,11H,6-7H2,1-2H3,(H,17,18). The first-order valence-electron chi connectivity index (χ1n) is 6.40. The van der Waals surface area contributed by atoms with Gasteiger partial charge in [-0.25, -0.2) is 4.98 Å². The highest BCUT2D eigenvalue weighted by Gasteiger charge is 2.37. The summed E-state index contributed by atoms with van der Waals surface area (Å²) in [5, 5.41) is 9.68. The lowest BCUT2D eigenvalue weighted by molar-refractivity contribution is -0.133. The number of hydrogen-bond donors (Lipinski definition) is 1. The molecule has 1 heterocycles. The van der Waals surface area contributed by atoms with Crippen molar-refractivity contribution in [3.63, 3.8) is 0 Å². The molecule has 1 aromatic carbocycles. The van der Waals surface area contributed by atoms with Crippen molar-refractivity contribution in [3.05, 3.63) is 23.8 Å². The van der Waals surface area contributed by atoms with Gasteiger partial charge in [-0.1, -0.05) is 30.8 Å². The first-order valence-corrected chi connectivity index (χ1v) is 7.38. The van der Waals surface area contributed by atoms with Gasteiger partial charge in [-0.2, -0.15) is 0 Å². The third-order valence-electron chi connectivity index (χ3n) is 3.61. The summed E-state index contributed by atoms with van der Waals surface area (Å²) in [5.74, 6) is -0.0880. The normalized spacial score (nSPS) is 21.8. The second-order valence-electron chi connectivity index (χ2n) is 5.17. The number of aromatic nitrogens is 2. The maximum Gasteiger partial charge on any atom is 0.313 e. The molecule has 2 atom stereocenters. The van der Waals surface area contributed by atoms with Crippen LogP contribution < -0.4 is 0 Å². The van der Waals surface area contributed by atoms with E-state index in [1.54, 1.807) is 0 Å². The average Bonchev–Trinajstić information content (AvgIpc) is 2.94. The minimum absolute atomic E-state index is 0.0590. The van der Waals surface area contributed by atoms with E-state index in [0.29, 0.717) is 12.0 Å². The first-order chi connectivity index (χ1) is 9.08. The van der Waals surface area contributed by atoms with Crippen molar-refractivity contribution in [1.82, 2.24) is 9.55 Å². The molecule has 1 aliphatic rings. The van der Waals surface area contributed by atoms with E-state index in [1.165, 1.54) is 11.8 Å². The molecular formula is C14H16N2O2S. The molecule has 0 amide bonds. The second kappa shape index (κ2) is 4.56. The van der Waals surface area contributed by atoms with Crippen LogP contribution in [0.3, 0.4) is 0 Å². The van der Waals surface area contributed by atoms with E-state index in [0.717, 1.165) is 28.2 Å². The zero-order valence-electron chi connectivity index (χ0n) is 11.0. The highest BCUT2D eigenvalue weighted by Crippen LogP contribution is 2.46. The molecule has 2 aromatic rings. The van der Waals surface area contributed by atoms with Gasteiger partial charge in [0.25, 0.3) is 0 Å². The Bertz CT molecular complexity index is 650. The molecule has 0 spiro atoms. The van der Waals surface area contributed by atoms with Gasteiger partial charge in [0.05, 0.1) is 16.8 Å². The SMILES string of the molecule is Cc1cccc2c1nc(SCC(=O)O)n2C1CC1C. The lowest BCUT2D eigenvalue weighted by Gasteiger charge is -2.06. The second-order valence-corrected chi connectivity index (χ2v) is 6.11. The number of carboxylic acid groups (broad SMARTS) is 1. The molecule has 0 aliphatic heterocycles. The van der Waals surface area contributed by atoms with Gasteiger partial charge in [-0.3, -0.25) is 4.79 Å². The lowest BCUT2D eigenvalue weighted by atomic mass is 10.2. The van der Waals surface area contributed by atoms with Gasteiger partial charge in [-0.15, -0.1) is 0 Å². The van der Waals surface area contributed by atoms with Crippen LogP contribution in [-0.2, 0) is 4.79 Å². The summed E-state index contributed by atoms with van der Waals surface area (Å²) in [6.07, 6.45) is 1.15. The van der Waals surface area contributed by atoms with Crippen molar-refractivity contribution in [2.45, 2.75) is 31.5 Å². The summed E-state index contributed by atoms with van der Waals surface area (Å²) in [6.45, 7) is 4.26. The third-order valence-corrected chi connectivity index (χ3v) is 4.55. The van der Waals surface area contributed by atoms with Gasteiger partial charge in [0.15, 0.2) is 5.16 Å². The van der Waals surface area contributed by atoms with Gasteiger partial charge in [0, 0.05) is 6.04 Å². The molecule has 1 N–H and O–H groups in total. The summed E-state index contributed by atoms with van der Waals surface area (Å²) in [7, 11) is 0. The van der Waals surface area contributed by atoms with Crippen LogP contribution >= 0.6 is 11.8 Å². The smallest absolute Gasteiger partial charge is 0.313 e. The summed E-state index contributed by atoms with van der Waals surface area (Å²) >= 11 is 1.31. The Balaban J connectivity index is 2.08. The zero-order valence-corrected chi connectivity index (χ0v) is 11.8. The lowest BCUT2D eigenvalue weighted by Crippen LogP contribution is -2.02.